The monoisotopic (exact) mass is 294 g/mol. The van der Waals surface area contributed by atoms with Gasteiger partial charge in [0.2, 0.25) is 0 Å². The van der Waals surface area contributed by atoms with E-state index in [9.17, 15) is 10.1 Å². The summed E-state index contributed by atoms with van der Waals surface area (Å²) in [6, 6.07) is 1.96. The molecule has 0 saturated heterocycles. The number of hydrogen-bond acceptors (Lipinski definition) is 5. The van der Waals surface area contributed by atoms with Crippen molar-refractivity contribution in [2.75, 3.05) is 26.9 Å². The van der Waals surface area contributed by atoms with Crippen LogP contribution in [0.25, 0.3) is 0 Å². The van der Waals surface area contributed by atoms with Crippen molar-refractivity contribution in [1.29, 1.82) is 5.26 Å². The van der Waals surface area contributed by atoms with Crippen LogP contribution in [0.3, 0.4) is 0 Å². The molecule has 0 aliphatic carbocycles. The Balaban J connectivity index is 5.06. The highest BCUT2D eigenvalue weighted by Gasteiger charge is 2.14. The molecule has 0 unspecified atom stereocenters. The summed E-state index contributed by atoms with van der Waals surface area (Å²) >= 11 is 0. The zero-order chi connectivity index (χ0) is 16.1. The fourth-order valence-corrected chi connectivity index (χ4v) is 1.76. The number of carbonyl (C=O) groups is 1. The normalized spacial score (nSPS) is 12.4. The van der Waals surface area contributed by atoms with Gasteiger partial charge in [0.25, 0.3) is 0 Å². The molecule has 0 aliphatic heterocycles. The van der Waals surface area contributed by atoms with Crippen molar-refractivity contribution >= 4 is 5.97 Å². The van der Waals surface area contributed by atoms with Crippen LogP contribution < -0.4 is 5.32 Å². The molecular weight excluding hydrogens is 268 g/mol. The molecule has 0 amide bonds. The number of methoxy groups -OCH3 is 1. The molecule has 0 spiro atoms. The van der Waals surface area contributed by atoms with E-state index in [2.05, 4.69) is 5.32 Å². The second-order valence-corrected chi connectivity index (χ2v) is 4.38. The van der Waals surface area contributed by atoms with E-state index in [-0.39, 0.29) is 12.2 Å². The molecule has 0 aromatic carbocycles. The summed E-state index contributed by atoms with van der Waals surface area (Å²) in [6.45, 7) is 7.43. The quantitative estimate of drug-likeness (QED) is 0.220. The third-order valence-corrected chi connectivity index (χ3v) is 2.90. The summed E-state index contributed by atoms with van der Waals surface area (Å²) in [5.41, 5.74) is 1.79. The van der Waals surface area contributed by atoms with Crippen LogP contribution in [0.2, 0.25) is 0 Å². The maximum atomic E-state index is 11.8. The van der Waals surface area contributed by atoms with E-state index in [0.717, 1.165) is 25.1 Å². The highest BCUT2D eigenvalue weighted by atomic mass is 16.5. The van der Waals surface area contributed by atoms with Crippen molar-refractivity contribution in [2.45, 2.75) is 40.0 Å². The van der Waals surface area contributed by atoms with Gasteiger partial charge >= 0.3 is 5.97 Å². The summed E-state index contributed by atoms with van der Waals surface area (Å²) < 4.78 is 9.92. The van der Waals surface area contributed by atoms with E-state index in [4.69, 9.17) is 9.47 Å². The van der Waals surface area contributed by atoms with E-state index in [1.165, 1.54) is 0 Å². The van der Waals surface area contributed by atoms with Gasteiger partial charge in [-0.1, -0.05) is 13.8 Å². The maximum absolute atomic E-state index is 11.8. The molecule has 1 N–H and O–H groups in total. The smallest absolute Gasteiger partial charge is 0.349 e. The first-order valence-corrected chi connectivity index (χ1v) is 7.38. The van der Waals surface area contributed by atoms with Gasteiger partial charge in [-0.15, -0.1) is 0 Å². The molecule has 0 rings (SSSR count). The summed E-state index contributed by atoms with van der Waals surface area (Å²) in [7, 11) is 1.67. The zero-order valence-corrected chi connectivity index (χ0v) is 13.5. The average molecular weight is 294 g/mol. The number of esters is 1. The molecule has 0 heterocycles. The molecule has 5 nitrogen and oxygen atoms in total. The molecule has 0 radical (unpaired) electrons. The molecule has 0 saturated carbocycles. The highest BCUT2D eigenvalue weighted by molar-refractivity contribution is 5.94. The number of carbonyl (C=O) groups excluding carboxylic acids is 1. The first kappa shape index (κ1) is 19.2. The third-order valence-electron chi connectivity index (χ3n) is 2.90. The minimum Gasteiger partial charge on any atom is -0.462 e. The highest BCUT2D eigenvalue weighted by Crippen LogP contribution is 2.14. The average Bonchev–Trinajstić information content (AvgIpc) is 2.49. The van der Waals surface area contributed by atoms with Crippen molar-refractivity contribution in [3.63, 3.8) is 0 Å². The van der Waals surface area contributed by atoms with Crippen molar-refractivity contribution < 1.29 is 14.3 Å². The van der Waals surface area contributed by atoms with Crippen LogP contribution in [0, 0.1) is 11.3 Å². The number of hydrogen-bond donors (Lipinski definition) is 1. The standard InChI is InChI=1S/C16H26N2O3/c1-5-13(15(12-17)16(19)21-7-3)11-14(6-2)18-9-8-10-20-4/h11,18H,5-10H2,1-4H3/b14-11+,15-13-. The molecule has 118 valence electrons. The second-order valence-electron chi connectivity index (χ2n) is 4.38. The van der Waals surface area contributed by atoms with Gasteiger partial charge < -0.3 is 14.8 Å². The van der Waals surface area contributed by atoms with E-state index in [0.29, 0.717) is 18.6 Å². The van der Waals surface area contributed by atoms with E-state index in [1.807, 2.05) is 26.0 Å². The lowest BCUT2D eigenvalue weighted by Gasteiger charge is -2.11. The Kier molecular flexibility index (Phi) is 11.0. The number of ether oxygens (including phenoxy) is 2. The van der Waals surface area contributed by atoms with Crippen LogP contribution in [0.15, 0.2) is 22.9 Å². The maximum Gasteiger partial charge on any atom is 0.349 e. The van der Waals surface area contributed by atoms with Crippen molar-refractivity contribution in [3.05, 3.63) is 22.9 Å². The van der Waals surface area contributed by atoms with Crippen LogP contribution in [0.1, 0.15) is 40.0 Å². The van der Waals surface area contributed by atoms with Crippen LogP contribution in [-0.2, 0) is 14.3 Å². The molecule has 5 heteroatoms. The predicted molar refractivity (Wildman–Crippen MR) is 82.4 cm³/mol. The van der Waals surface area contributed by atoms with Crippen molar-refractivity contribution in [3.8, 4) is 6.07 Å². The fraction of sp³-hybridized carbons (Fsp3) is 0.625. The lowest BCUT2D eigenvalue weighted by atomic mass is 10.0. The number of allylic oxidation sites excluding steroid dienone is 3. The van der Waals surface area contributed by atoms with E-state index >= 15 is 0 Å². The predicted octanol–water partition coefficient (Wildman–Crippen LogP) is 2.70. The Labute approximate surface area is 127 Å². The zero-order valence-electron chi connectivity index (χ0n) is 13.5. The van der Waals surface area contributed by atoms with Crippen LogP contribution in [-0.4, -0.2) is 32.8 Å². The largest absolute Gasteiger partial charge is 0.462 e. The second kappa shape index (κ2) is 12.0. The lowest BCUT2D eigenvalue weighted by molar-refractivity contribution is -0.138. The topological polar surface area (TPSA) is 71.4 Å². The fourth-order valence-electron chi connectivity index (χ4n) is 1.76. The summed E-state index contributed by atoms with van der Waals surface area (Å²) in [6.07, 6.45) is 4.19. The first-order valence-electron chi connectivity index (χ1n) is 7.38. The van der Waals surface area contributed by atoms with Crippen molar-refractivity contribution in [1.82, 2.24) is 5.32 Å². The number of nitriles is 1. The van der Waals surface area contributed by atoms with Gasteiger partial charge in [-0.25, -0.2) is 4.79 Å². The van der Waals surface area contributed by atoms with Gasteiger partial charge in [0.05, 0.1) is 6.61 Å². The van der Waals surface area contributed by atoms with Crippen LogP contribution in [0.4, 0.5) is 0 Å². The van der Waals surface area contributed by atoms with Crippen LogP contribution in [0.5, 0.6) is 0 Å². The van der Waals surface area contributed by atoms with Gasteiger partial charge in [-0.2, -0.15) is 5.26 Å². The Morgan fingerprint density at radius 1 is 1.29 bits per heavy atom. The molecular formula is C16H26N2O3. The molecule has 0 fully saturated rings. The summed E-state index contributed by atoms with van der Waals surface area (Å²) in [4.78, 5) is 11.8. The molecule has 21 heavy (non-hydrogen) atoms. The Morgan fingerprint density at radius 3 is 2.48 bits per heavy atom. The van der Waals surface area contributed by atoms with Gasteiger partial charge in [-0.3, -0.25) is 0 Å². The number of nitrogens with one attached hydrogen (secondary N) is 1. The number of nitrogens with zero attached hydrogens (tertiary/aromatic N) is 1. The van der Waals surface area contributed by atoms with E-state index in [1.54, 1.807) is 14.0 Å². The van der Waals surface area contributed by atoms with E-state index < -0.39 is 5.97 Å². The Morgan fingerprint density at radius 2 is 2.00 bits per heavy atom. The molecule has 0 aromatic heterocycles. The van der Waals surface area contributed by atoms with Gasteiger partial charge in [0, 0.05) is 26.0 Å². The van der Waals surface area contributed by atoms with Gasteiger partial charge in [0.15, 0.2) is 0 Å². The number of rotatable bonds is 10. The summed E-state index contributed by atoms with van der Waals surface area (Å²) in [5.74, 6) is -0.553. The van der Waals surface area contributed by atoms with Gasteiger partial charge in [0.1, 0.15) is 11.6 Å². The van der Waals surface area contributed by atoms with Gasteiger partial charge in [-0.05, 0) is 37.8 Å². The van der Waals surface area contributed by atoms with Crippen molar-refractivity contribution in [2.24, 2.45) is 0 Å². The minimum absolute atomic E-state index is 0.0870. The minimum atomic E-state index is -0.553. The first-order chi connectivity index (χ1) is 10.1. The van der Waals surface area contributed by atoms with Crippen LogP contribution >= 0.6 is 0 Å². The Hall–Kier alpha value is -1.80. The molecule has 0 atom stereocenters. The SMILES string of the molecule is CCOC(=O)/C(C#N)=C(\C=C(/CC)NCCCOC)CC. The molecule has 0 aromatic rings. The Bertz CT molecular complexity index is 420. The summed E-state index contributed by atoms with van der Waals surface area (Å²) in [5, 5.41) is 12.5. The lowest BCUT2D eigenvalue weighted by Crippen LogP contribution is -2.16. The third kappa shape index (κ3) is 7.52. The molecule has 0 aliphatic rings. The molecule has 0 bridgehead atoms.